The molecule has 1 N–H and O–H groups in total. The molecule has 2 heterocycles. The molecule has 0 bridgehead atoms. The zero-order valence-corrected chi connectivity index (χ0v) is 10.1. The number of halogens is 1. The summed E-state index contributed by atoms with van der Waals surface area (Å²) in [7, 11) is 2.01. The first kappa shape index (κ1) is 10.4. The molecule has 0 radical (unpaired) electrons. The number of anilines is 1. The lowest BCUT2D eigenvalue weighted by Crippen LogP contribution is -2.39. The molecule has 4 heteroatoms. The van der Waals surface area contributed by atoms with Crippen LogP contribution in [0.3, 0.4) is 0 Å². The van der Waals surface area contributed by atoms with Gasteiger partial charge in [0.1, 0.15) is 0 Å². The normalized spacial score (nSPS) is 31.6. The van der Waals surface area contributed by atoms with Gasteiger partial charge in [0, 0.05) is 24.8 Å². The second-order valence-electron chi connectivity index (χ2n) is 4.78. The number of rotatable bonds is 3. The molecule has 1 aliphatic heterocycles. The lowest BCUT2D eigenvalue weighted by Gasteiger charge is -2.29. The molecule has 0 amide bonds. The number of nitrogens with one attached hydrogen (secondary N) is 1. The molecule has 1 aromatic rings. The standard InChI is InChI=1S/C12H16ClN3/c1-14-6-10-2-8-3-12(8)16(10)11-4-9(13)5-15-7-11/h4-5,7-8,10,12,14H,2-3,6H2,1H3. The minimum Gasteiger partial charge on any atom is -0.363 e. The van der Waals surface area contributed by atoms with Gasteiger partial charge in [-0.25, -0.2) is 0 Å². The van der Waals surface area contributed by atoms with Crippen molar-refractivity contribution < 1.29 is 0 Å². The minimum absolute atomic E-state index is 0.606. The van der Waals surface area contributed by atoms with Crippen LogP contribution in [-0.2, 0) is 0 Å². The van der Waals surface area contributed by atoms with Gasteiger partial charge in [0.2, 0.25) is 0 Å². The minimum atomic E-state index is 0.606. The van der Waals surface area contributed by atoms with E-state index in [-0.39, 0.29) is 0 Å². The molecule has 16 heavy (non-hydrogen) atoms. The van der Waals surface area contributed by atoms with Crippen molar-refractivity contribution in [3.63, 3.8) is 0 Å². The quantitative estimate of drug-likeness (QED) is 0.871. The van der Waals surface area contributed by atoms with Crippen LogP contribution < -0.4 is 10.2 Å². The predicted octanol–water partition coefficient (Wildman–Crippen LogP) is 1.92. The van der Waals surface area contributed by atoms with Gasteiger partial charge in [-0.1, -0.05) is 11.6 Å². The molecule has 2 aliphatic rings. The van der Waals surface area contributed by atoms with E-state index in [2.05, 4.69) is 15.2 Å². The molecule has 0 spiro atoms. The smallest absolute Gasteiger partial charge is 0.0609 e. The number of aromatic nitrogens is 1. The molecule has 1 aromatic heterocycles. The Kier molecular flexibility index (Phi) is 2.52. The van der Waals surface area contributed by atoms with E-state index in [0.29, 0.717) is 6.04 Å². The summed E-state index contributed by atoms with van der Waals surface area (Å²) in [5.41, 5.74) is 1.18. The van der Waals surface area contributed by atoms with E-state index in [4.69, 9.17) is 11.6 Å². The lowest BCUT2D eigenvalue weighted by atomic mass is 10.1. The molecule has 1 saturated heterocycles. The maximum absolute atomic E-state index is 6.00. The number of pyridine rings is 1. The van der Waals surface area contributed by atoms with Gasteiger partial charge in [0.05, 0.1) is 16.9 Å². The number of hydrogen-bond donors (Lipinski definition) is 1. The molecule has 0 aromatic carbocycles. The van der Waals surface area contributed by atoms with E-state index in [0.717, 1.165) is 23.5 Å². The van der Waals surface area contributed by atoms with Crippen molar-refractivity contribution in [1.82, 2.24) is 10.3 Å². The van der Waals surface area contributed by atoms with Crippen LogP contribution in [0.25, 0.3) is 0 Å². The Balaban J connectivity index is 1.86. The highest BCUT2D eigenvalue weighted by molar-refractivity contribution is 6.30. The van der Waals surface area contributed by atoms with Gasteiger partial charge in [0.15, 0.2) is 0 Å². The van der Waals surface area contributed by atoms with Crippen molar-refractivity contribution >= 4 is 17.3 Å². The second kappa shape index (κ2) is 3.90. The number of likely N-dealkylation sites (N-methyl/N-ethyl adjacent to an activating group) is 1. The maximum atomic E-state index is 6.00. The lowest BCUT2D eigenvalue weighted by molar-refractivity contribution is 0.564. The summed E-state index contributed by atoms with van der Waals surface area (Å²) < 4.78 is 0. The summed E-state index contributed by atoms with van der Waals surface area (Å²) in [4.78, 5) is 6.68. The zero-order valence-electron chi connectivity index (χ0n) is 9.36. The number of fused-ring (bicyclic) bond motifs is 1. The van der Waals surface area contributed by atoms with Crippen molar-refractivity contribution in [2.45, 2.75) is 24.9 Å². The molecular weight excluding hydrogens is 222 g/mol. The molecule has 1 aliphatic carbocycles. The first-order chi connectivity index (χ1) is 7.79. The first-order valence-electron chi connectivity index (χ1n) is 5.83. The van der Waals surface area contributed by atoms with Gasteiger partial charge in [-0.05, 0) is 31.9 Å². The average Bonchev–Trinajstić information content (AvgIpc) is 2.91. The van der Waals surface area contributed by atoms with Crippen molar-refractivity contribution in [3.8, 4) is 0 Å². The molecule has 2 fully saturated rings. The van der Waals surface area contributed by atoms with Crippen LogP contribution in [0.2, 0.25) is 5.02 Å². The molecule has 86 valence electrons. The van der Waals surface area contributed by atoms with E-state index < -0.39 is 0 Å². The van der Waals surface area contributed by atoms with E-state index in [1.54, 1.807) is 6.20 Å². The van der Waals surface area contributed by atoms with Crippen LogP contribution in [0.5, 0.6) is 0 Å². The monoisotopic (exact) mass is 237 g/mol. The van der Waals surface area contributed by atoms with Crippen LogP contribution in [-0.4, -0.2) is 30.7 Å². The van der Waals surface area contributed by atoms with Crippen molar-refractivity contribution in [1.29, 1.82) is 0 Å². The highest BCUT2D eigenvalue weighted by atomic mass is 35.5. The third kappa shape index (κ3) is 1.68. The van der Waals surface area contributed by atoms with Crippen LogP contribution in [0.15, 0.2) is 18.5 Å². The van der Waals surface area contributed by atoms with Crippen LogP contribution in [0.4, 0.5) is 5.69 Å². The fraction of sp³-hybridized carbons (Fsp3) is 0.583. The Bertz CT molecular complexity index is 396. The molecule has 1 saturated carbocycles. The fourth-order valence-electron chi connectivity index (χ4n) is 2.92. The third-order valence-corrected chi connectivity index (χ3v) is 3.85. The topological polar surface area (TPSA) is 28.2 Å². The zero-order chi connectivity index (χ0) is 11.1. The van der Waals surface area contributed by atoms with Gasteiger partial charge in [0.25, 0.3) is 0 Å². The van der Waals surface area contributed by atoms with Crippen molar-refractivity contribution in [2.24, 2.45) is 5.92 Å². The van der Waals surface area contributed by atoms with Gasteiger partial charge >= 0.3 is 0 Å². The molecule has 3 atom stereocenters. The Labute approximate surface area is 101 Å². The van der Waals surface area contributed by atoms with Crippen LogP contribution >= 0.6 is 11.6 Å². The average molecular weight is 238 g/mol. The fourth-order valence-corrected chi connectivity index (χ4v) is 3.09. The molecule has 3 nitrogen and oxygen atoms in total. The van der Waals surface area contributed by atoms with Crippen LogP contribution in [0, 0.1) is 5.92 Å². The molecule has 3 unspecified atom stereocenters. The molecular formula is C12H16ClN3. The van der Waals surface area contributed by atoms with E-state index in [1.165, 1.54) is 18.5 Å². The highest BCUT2D eigenvalue weighted by Crippen LogP contribution is 2.49. The van der Waals surface area contributed by atoms with E-state index >= 15 is 0 Å². The van der Waals surface area contributed by atoms with Crippen molar-refractivity contribution in [2.75, 3.05) is 18.5 Å². The largest absolute Gasteiger partial charge is 0.363 e. The number of piperidine rings is 1. The van der Waals surface area contributed by atoms with Crippen molar-refractivity contribution in [3.05, 3.63) is 23.5 Å². The second-order valence-corrected chi connectivity index (χ2v) is 5.22. The first-order valence-corrected chi connectivity index (χ1v) is 6.21. The third-order valence-electron chi connectivity index (χ3n) is 3.64. The summed E-state index contributed by atoms with van der Waals surface area (Å²) in [6, 6.07) is 3.37. The summed E-state index contributed by atoms with van der Waals surface area (Å²) in [6.07, 6.45) is 6.26. The van der Waals surface area contributed by atoms with E-state index in [9.17, 15) is 0 Å². The SMILES string of the molecule is CNCC1CC2CC2N1c1cncc(Cl)c1. The number of nitrogens with zero attached hydrogens (tertiary/aromatic N) is 2. The van der Waals surface area contributed by atoms with Gasteiger partial charge in [-0.3, -0.25) is 4.98 Å². The Morgan fingerprint density at radius 3 is 3.12 bits per heavy atom. The Morgan fingerprint density at radius 2 is 2.38 bits per heavy atom. The Morgan fingerprint density at radius 1 is 1.50 bits per heavy atom. The number of hydrogen-bond acceptors (Lipinski definition) is 3. The summed E-state index contributed by atoms with van der Waals surface area (Å²) in [6.45, 7) is 1.04. The van der Waals surface area contributed by atoms with Gasteiger partial charge < -0.3 is 10.2 Å². The predicted molar refractivity (Wildman–Crippen MR) is 66.0 cm³/mol. The Hall–Kier alpha value is -0.800. The van der Waals surface area contributed by atoms with E-state index in [1.807, 2.05) is 19.3 Å². The van der Waals surface area contributed by atoms with Crippen LogP contribution in [0.1, 0.15) is 12.8 Å². The highest BCUT2D eigenvalue weighted by Gasteiger charge is 2.51. The van der Waals surface area contributed by atoms with Gasteiger partial charge in [-0.15, -0.1) is 0 Å². The van der Waals surface area contributed by atoms with Gasteiger partial charge in [-0.2, -0.15) is 0 Å². The maximum Gasteiger partial charge on any atom is 0.0609 e. The summed E-state index contributed by atoms with van der Waals surface area (Å²) in [5, 5.41) is 4.00. The molecule has 3 rings (SSSR count). The summed E-state index contributed by atoms with van der Waals surface area (Å²) in [5.74, 6) is 0.900. The summed E-state index contributed by atoms with van der Waals surface area (Å²) >= 11 is 6.00.